The molecule has 4 fully saturated rings. The van der Waals surface area contributed by atoms with Crippen molar-refractivity contribution in [2.45, 2.75) is 44.5 Å². The first kappa shape index (κ1) is 24.8. The summed E-state index contributed by atoms with van der Waals surface area (Å²) in [6.07, 6.45) is -8.91. The summed E-state index contributed by atoms with van der Waals surface area (Å²) in [5.74, 6) is -0.383. The van der Waals surface area contributed by atoms with Crippen molar-refractivity contribution in [1.29, 1.82) is 0 Å². The van der Waals surface area contributed by atoms with Crippen molar-refractivity contribution in [3.8, 4) is 0 Å². The molecule has 7 atom stereocenters. The summed E-state index contributed by atoms with van der Waals surface area (Å²) in [5, 5.41) is 9.25. The molecule has 0 aromatic rings. The van der Waals surface area contributed by atoms with Crippen LogP contribution in [0.5, 0.6) is 0 Å². The minimum atomic E-state index is -5.09. The molecule has 0 radical (unpaired) electrons. The minimum absolute atomic E-state index is 0. The van der Waals surface area contributed by atoms with E-state index in [0.29, 0.717) is 5.92 Å². The first-order chi connectivity index (χ1) is 10.5. The maximum atomic E-state index is 13.8. The Morgan fingerprint density at radius 3 is 1.86 bits per heavy atom. The van der Waals surface area contributed by atoms with Crippen molar-refractivity contribution in [2.24, 2.45) is 40.9 Å². The summed E-state index contributed by atoms with van der Waals surface area (Å²) >= 11 is 0. The molecule has 0 aromatic heterocycles. The minimum Gasteiger partial charge on any atom is -0.554 e. The number of fused-ring (bicyclic) bond motifs is 9. The van der Waals surface area contributed by atoms with Gasteiger partial charge < -0.3 is 11.5 Å². The van der Waals surface area contributed by atoms with E-state index in [9.17, 15) is 31.4 Å². The third kappa shape index (κ3) is 2.29. The van der Waals surface area contributed by atoms with Gasteiger partial charge in [-0.25, -0.2) is 13.2 Å². The average Bonchev–Trinajstić information content (AvgIpc) is 3.14. The van der Waals surface area contributed by atoms with Crippen LogP contribution in [-0.4, -0.2) is 17.5 Å². The molecule has 12 heteroatoms. The van der Waals surface area contributed by atoms with Gasteiger partial charge in [-0.2, -0.15) is 25.0 Å². The third-order valence-corrected chi connectivity index (χ3v) is 7.02. The molecule has 1 N–H and O–H groups in total. The van der Waals surface area contributed by atoms with Crippen LogP contribution in [0.1, 0.15) is 32.1 Å². The van der Waals surface area contributed by atoms with Gasteiger partial charge in [-0.05, 0) is 31.1 Å². The van der Waals surface area contributed by atoms with Crippen LogP contribution in [0.4, 0.5) is 26.3 Å². The molecule has 142 valence electrons. The molecule has 7 unspecified atom stereocenters. The largest absolute Gasteiger partial charge is 0.554 e. The molecule has 28 heavy (non-hydrogen) atoms. The zero-order valence-corrected chi connectivity index (χ0v) is 47.8. The average molecular weight is 1680 g/mol. The van der Waals surface area contributed by atoms with Crippen LogP contribution in [0.15, 0.2) is 0 Å². The maximum Gasteiger partial charge on any atom is 0.389 e. The molecule has 4 aliphatic rings. The monoisotopic (exact) mass is 1680 g/mol. The number of halogens is 6. The van der Waals surface area contributed by atoms with E-state index in [0.717, 1.165) is 19.3 Å². The normalized spacial score (nSPS) is 39.9. The topological polar surface area (TPSA) is 20.2 Å². The van der Waals surface area contributed by atoms with Gasteiger partial charge in [-0.15, -0.1) is 6.42 Å². The van der Waals surface area contributed by atoms with Crippen LogP contribution in [0.3, 0.4) is 0 Å². The van der Waals surface area contributed by atoms with Gasteiger partial charge in [0, 0.05) is 5.41 Å². The number of hydrogen-bond acceptors (Lipinski definition) is 1. The standard InChI is InChI=1S/C16H18F6O.5Rf/c17-15(18,19)11(23)6-14(16(20,21)22)5-9-4-10(14)13-8-2-1-7(3-8)12(9)13;;;;;/h4,7-10,12-13,23H,1-3,5-6H2;;;;;/q-2;;;;;. The van der Waals surface area contributed by atoms with E-state index < -0.39 is 36.2 Å². The van der Waals surface area contributed by atoms with Crippen molar-refractivity contribution in [3.05, 3.63) is 12.5 Å². The Morgan fingerprint density at radius 1 is 0.893 bits per heavy atom. The third-order valence-electron chi connectivity index (χ3n) is 7.02. The molecular formula is C16H18F6ORf5-2. The molecule has 0 spiro atoms. The molecule has 0 aromatic carbocycles. The molecule has 0 amide bonds. The first-order valence-corrected chi connectivity index (χ1v) is 8.08. The van der Waals surface area contributed by atoms with E-state index in [1.165, 1.54) is 0 Å². The molecule has 4 saturated carbocycles. The second kappa shape index (κ2) is 5.81. The number of rotatable bonds is 2. The Balaban J connectivity index is 0. The predicted molar refractivity (Wildman–Crippen MR) is 68.0 cm³/mol. The van der Waals surface area contributed by atoms with Gasteiger partial charge in [0.15, 0.2) is 0 Å². The molecule has 1 nitrogen and oxygen atoms in total. The number of hydrogen-bond donors (Lipinski definition) is 1. The van der Waals surface area contributed by atoms with Crippen molar-refractivity contribution in [3.63, 3.8) is 0 Å². The van der Waals surface area contributed by atoms with Crippen LogP contribution in [0.25, 0.3) is 0 Å². The summed E-state index contributed by atoms with van der Waals surface area (Å²) < 4.78 is 79.4. The summed E-state index contributed by atoms with van der Waals surface area (Å²) in [4.78, 5) is 0. The van der Waals surface area contributed by atoms with E-state index >= 15 is 0 Å². The van der Waals surface area contributed by atoms with Crippen LogP contribution in [-0.2, 0) is 0 Å². The molecule has 0 saturated heterocycles. The summed E-state index contributed by atoms with van der Waals surface area (Å²) in [6, 6.07) is 0. The predicted octanol–water partition coefficient (Wildman–Crippen LogP) is 4.91. The Kier molecular flexibility index (Phi) is 5.15. The number of aliphatic hydroxyl groups is 1. The van der Waals surface area contributed by atoms with Crippen LogP contribution < -0.4 is 0 Å². The smallest absolute Gasteiger partial charge is 0.389 e. The fraction of sp³-hybridized carbons (Fsp3) is 0.875. The van der Waals surface area contributed by atoms with Gasteiger partial charge in [0.25, 0.3) is 6.18 Å². The molecule has 4 rings (SSSR count). The number of aliphatic hydroxyl groups excluding tert-OH is 1. The molecule has 4 bridgehead atoms. The van der Waals surface area contributed by atoms with Gasteiger partial charge in [0.2, 0.25) is 0 Å². The fourth-order valence-corrected chi connectivity index (χ4v) is 6.38. The summed E-state index contributed by atoms with van der Waals surface area (Å²) in [5.41, 5.74) is -2.44. The SMILES string of the molecule is O[C-](CC1(C(F)(F)F)CC2[CH-]C1C1C3CCC(C3)C21)C(F)(F)F.[Rf].[Rf].[Rf].[Rf].[Rf]. The second-order valence-electron chi connectivity index (χ2n) is 7.85. The van der Waals surface area contributed by atoms with Gasteiger partial charge in [0.05, 0.1) is 0 Å². The fourth-order valence-electron chi connectivity index (χ4n) is 6.38. The maximum absolute atomic E-state index is 13.8. The first-order valence-electron chi connectivity index (χ1n) is 8.08. The van der Waals surface area contributed by atoms with Crippen molar-refractivity contribution < 1.29 is 31.4 Å². The Labute approximate surface area is 130 Å². The van der Waals surface area contributed by atoms with Gasteiger partial charge in [0.1, 0.15) is 0 Å². The summed E-state index contributed by atoms with van der Waals surface area (Å²) in [6.45, 7) is 0. The molecular weight excluding hydrogens is 1660 g/mol. The molecule has 0 aliphatic heterocycles. The number of alkyl halides is 6. The van der Waals surface area contributed by atoms with Crippen molar-refractivity contribution in [1.82, 2.24) is 0 Å². The van der Waals surface area contributed by atoms with Crippen LogP contribution in [0.2, 0.25) is 0 Å². The van der Waals surface area contributed by atoms with E-state index in [4.69, 9.17) is 0 Å². The van der Waals surface area contributed by atoms with Crippen LogP contribution >= 0.6 is 0 Å². The van der Waals surface area contributed by atoms with Gasteiger partial charge in [-0.1, -0.05) is 24.4 Å². The summed E-state index contributed by atoms with van der Waals surface area (Å²) in [7, 11) is 0. The Bertz CT molecular complexity index is 519. The Morgan fingerprint density at radius 2 is 1.39 bits per heavy atom. The van der Waals surface area contributed by atoms with Gasteiger partial charge in [-0.3, -0.25) is 0 Å². The molecule has 4 aliphatic carbocycles. The van der Waals surface area contributed by atoms with E-state index in [2.05, 4.69) is 0 Å². The molecule has 0 heterocycles. The van der Waals surface area contributed by atoms with Crippen molar-refractivity contribution in [2.75, 3.05) is 0 Å². The quantitative estimate of drug-likeness (QED) is 0.237. The Hall–Kier alpha value is -5.46. The van der Waals surface area contributed by atoms with E-state index in [1.807, 2.05) is 0 Å². The van der Waals surface area contributed by atoms with E-state index in [-0.39, 0.29) is 30.1 Å². The van der Waals surface area contributed by atoms with Crippen LogP contribution in [0, 0.1) is 53.4 Å². The van der Waals surface area contributed by atoms with E-state index in [1.54, 1.807) is 6.42 Å². The zero-order chi connectivity index (χ0) is 16.8. The zero-order valence-electron chi connectivity index (χ0n) is 15.8. The second-order valence-corrected chi connectivity index (χ2v) is 7.85. The van der Waals surface area contributed by atoms with Gasteiger partial charge >= 0.3 is 6.18 Å². The van der Waals surface area contributed by atoms with Crippen molar-refractivity contribution >= 4 is 0 Å².